The molecule has 6 nitrogen and oxygen atoms in total. The van der Waals surface area contributed by atoms with Gasteiger partial charge in [0, 0.05) is 24.1 Å². The molecular weight excluding hydrogens is 246 g/mol. The minimum absolute atomic E-state index is 0.0437. The smallest absolute Gasteiger partial charge is 0.269 e. The molecule has 100 valence electrons. The second-order valence-corrected chi connectivity index (χ2v) is 5.55. The van der Waals surface area contributed by atoms with Crippen LogP contribution >= 0.6 is 0 Å². The van der Waals surface area contributed by atoms with Crippen molar-refractivity contribution < 1.29 is 9.45 Å². The van der Waals surface area contributed by atoms with Crippen LogP contribution in [0.3, 0.4) is 0 Å². The van der Waals surface area contributed by atoms with Crippen LogP contribution < -0.4 is 0 Å². The summed E-state index contributed by atoms with van der Waals surface area (Å²) in [6.45, 7) is 6.26. The van der Waals surface area contributed by atoms with Crippen molar-refractivity contribution in [2.75, 3.05) is 0 Å². The molecule has 1 aromatic carbocycles. The van der Waals surface area contributed by atoms with Gasteiger partial charge in [-0.15, -0.1) is 0 Å². The van der Waals surface area contributed by atoms with Gasteiger partial charge in [-0.2, -0.15) is 4.98 Å². The van der Waals surface area contributed by atoms with Crippen LogP contribution in [0.1, 0.15) is 26.7 Å². The van der Waals surface area contributed by atoms with Crippen LogP contribution in [0.5, 0.6) is 0 Å². The lowest BCUT2D eigenvalue weighted by Gasteiger charge is -2.13. The van der Waals surface area contributed by atoms with Crippen LogP contribution in [0.4, 0.5) is 5.69 Å². The third-order valence-electron chi connectivity index (χ3n) is 2.49. The minimum atomic E-state index is -0.439. The third-order valence-corrected chi connectivity index (χ3v) is 2.49. The number of nitro groups is 1. The van der Waals surface area contributed by atoms with Gasteiger partial charge in [-0.25, -0.2) is 0 Å². The summed E-state index contributed by atoms with van der Waals surface area (Å²) >= 11 is 0. The quantitative estimate of drug-likeness (QED) is 0.625. The summed E-state index contributed by atoms with van der Waals surface area (Å²) in [6.07, 6.45) is 0.687. The van der Waals surface area contributed by atoms with Crippen molar-refractivity contribution in [2.24, 2.45) is 5.41 Å². The summed E-state index contributed by atoms with van der Waals surface area (Å²) < 4.78 is 5.18. The molecule has 0 bridgehead atoms. The van der Waals surface area contributed by atoms with Crippen molar-refractivity contribution >= 4 is 5.69 Å². The van der Waals surface area contributed by atoms with Gasteiger partial charge in [-0.05, 0) is 17.5 Å². The Morgan fingerprint density at radius 1 is 1.26 bits per heavy atom. The Balaban J connectivity index is 2.20. The largest absolute Gasteiger partial charge is 0.339 e. The number of hydrogen-bond acceptors (Lipinski definition) is 5. The highest BCUT2D eigenvalue weighted by molar-refractivity contribution is 5.56. The van der Waals surface area contributed by atoms with E-state index in [1.165, 1.54) is 12.1 Å². The molecule has 0 radical (unpaired) electrons. The molecule has 6 heteroatoms. The van der Waals surface area contributed by atoms with E-state index >= 15 is 0 Å². The van der Waals surface area contributed by atoms with Crippen molar-refractivity contribution in [1.29, 1.82) is 0 Å². The minimum Gasteiger partial charge on any atom is -0.339 e. The first-order chi connectivity index (χ1) is 8.85. The van der Waals surface area contributed by atoms with E-state index in [-0.39, 0.29) is 11.1 Å². The molecule has 0 aliphatic carbocycles. The Bertz CT molecular complexity index is 582. The number of rotatable bonds is 3. The fraction of sp³-hybridized carbons (Fsp3) is 0.385. The van der Waals surface area contributed by atoms with Crippen molar-refractivity contribution in [2.45, 2.75) is 27.2 Å². The molecule has 19 heavy (non-hydrogen) atoms. The lowest BCUT2D eigenvalue weighted by Crippen LogP contribution is -2.09. The van der Waals surface area contributed by atoms with Gasteiger partial charge in [0.1, 0.15) is 0 Å². The average Bonchev–Trinajstić information content (AvgIpc) is 2.75. The molecule has 0 aliphatic heterocycles. The van der Waals surface area contributed by atoms with E-state index in [1.807, 2.05) is 0 Å². The summed E-state index contributed by atoms with van der Waals surface area (Å²) in [6, 6.07) is 6.08. The van der Waals surface area contributed by atoms with Gasteiger partial charge in [0.15, 0.2) is 0 Å². The summed E-state index contributed by atoms with van der Waals surface area (Å²) in [4.78, 5) is 14.4. The van der Waals surface area contributed by atoms with Gasteiger partial charge in [0.25, 0.3) is 5.69 Å². The fourth-order valence-electron chi connectivity index (χ4n) is 1.63. The van der Waals surface area contributed by atoms with Crippen LogP contribution in [0.25, 0.3) is 11.4 Å². The number of nitro benzene ring substituents is 1. The second-order valence-electron chi connectivity index (χ2n) is 5.55. The van der Waals surface area contributed by atoms with Crippen LogP contribution in [0, 0.1) is 15.5 Å². The molecule has 1 aromatic heterocycles. The molecule has 2 rings (SSSR count). The first-order valence-corrected chi connectivity index (χ1v) is 5.92. The molecular formula is C13H15N3O3. The van der Waals surface area contributed by atoms with Crippen LogP contribution in [-0.2, 0) is 6.42 Å². The molecule has 0 saturated heterocycles. The van der Waals surface area contributed by atoms with Gasteiger partial charge in [0.05, 0.1) is 4.92 Å². The van der Waals surface area contributed by atoms with Crippen LogP contribution in [-0.4, -0.2) is 15.1 Å². The summed E-state index contributed by atoms with van der Waals surface area (Å²) in [5.41, 5.74) is 0.816. The molecule has 1 heterocycles. The summed E-state index contributed by atoms with van der Waals surface area (Å²) in [7, 11) is 0. The van der Waals surface area contributed by atoms with Crippen molar-refractivity contribution in [3.8, 4) is 11.4 Å². The molecule has 0 aliphatic rings. The van der Waals surface area contributed by atoms with E-state index in [1.54, 1.807) is 12.1 Å². The van der Waals surface area contributed by atoms with Gasteiger partial charge in [-0.1, -0.05) is 25.9 Å². The molecule has 0 spiro atoms. The monoisotopic (exact) mass is 261 g/mol. The maximum atomic E-state index is 10.6. The molecule has 0 fully saturated rings. The molecule has 0 N–H and O–H groups in total. The molecule has 0 unspecified atom stereocenters. The predicted molar refractivity (Wildman–Crippen MR) is 69.5 cm³/mol. The van der Waals surface area contributed by atoms with E-state index in [0.29, 0.717) is 23.7 Å². The third kappa shape index (κ3) is 3.37. The molecule has 2 aromatic rings. The zero-order valence-electron chi connectivity index (χ0n) is 11.1. The highest BCUT2D eigenvalue weighted by Crippen LogP contribution is 2.23. The van der Waals surface area contributed by atoms with E-state index in [2.05, 4.69) is 30.9 Å². The summed E-state index contributed by atoms with van der Waals surface area (Å²) in [5, 5.41) is 14.5. The Morgan fingerprint density at radius 2 is 1.89 bits per heavy atom. The van der Waals surface area contributed by atoms with E-state index < -0.39 is 4.92 Å². The van der Waals surface area contributed by atoms with Gasteiger partial charge >= 0.3 is 0 Å². The fourth-order valence-corrected chi connectivity index (χ4v) is 1.63. The maximum absolute atomic E-state index is 10.6. The molecule has 0 amide bonds. The van der Waals surface area contributed by atoms with Crippen molar-refractivity contribution in [3.05, 3.63) is 40.3 Å². The molecule has 0 atom stereocenters. The zero-order chi connectivity index (χ0) is 14.0. The van der Waals surface area contributed by atoms with Crippen LogP contribution in [0.2, 0.25) is 0 Å². The Kier molecular flexibility index (Phi) is 3.33. The highest BCUT2D eigenvalue weighted by atomic mass is 16.6. The Hall–Kier alpha value is -2.24. The average molecular weight is 261 g/mol. The van der Waals surface area contributed by atoms with E-state index in [9.17, 15) is 10.1 Å². The van der Waals surface area contributed by atoms with E-state index in [4.69, 9.17) is 4.52 Å². The van der Waals surface area contributed by atoms with E-state index in [0.717, 1.165) is 0 Å². The van der Waals surface area contributed by atoms with Crippen LogP contribution in [0.15, 0.2) is 28.8 Å². The predicted octanol–water partition coefficient (Wildman–Crippen LogP) is 3.23. The first kappa shape index (κ1) is 13.2. The maximum Gasteiger partial charge on any atom is 0.269 e. The van der Waals surface area contributed by atoms with Gasteiger partial charge < -0.3 is 4.52 Å². The van der Waals surface area contributed by atoms with Crippen molar-refractivity contribution in [3.63, 3.8) is 0 Å². The lowest BCUT2D eigenvalue weighted by atomic mass is 9.92. The number of hydrogen-bond donors (Lipinski definition) is 0. The normalized spacial score (nSPS) is 11.5. The SMILES string of the molecule is CC(C)(C)Cc1nc(-c2ccc([N+](=O)[O-])cc2)no1. The zero-order valence-corrected chi connectivity index (χ0v) is 11.1. The van der Waals surface area contributed by atoms with Gasteiger partial charge in [0.2, 0.25) is 11.7 Å². The van der Waals surface area contributed by atoms with Crippen molar-refractivity contribution in [1.82, 2.24) is 10.1 Å². The lowest BCUT2D eigenvalue weighted by molar-refractivity contribution is -0.384. The molecule has 0 saturated carbocycles. The highest BCUT2D eigenvalue weighted by Gasteiger charge is 2.17. The summed E-state index contributed by atoms with van der Waals surface area (Å²) in [5.74, 6) is 1.02. The van der Waals surface area contributed by atoms with Gasteiger partial charge in [-0.3, -0.25) is 10.1 Å². The first-order valence-electron chi connectivity index (χ1n) is 5.92. The second kappa shape index (κ2) is 4.79. The number of aromatic nitrogens is 2. The topological polar surface area (TPSA) is 82.1 Å². The number of nitrogens with zero attached hydrogens (tertiary/aromatic N) is 3. The standard InChI is InChI=1S/C13H15N3O3/c1-13(2,3)8-11-14-12(15-19-11)9-4-6-10(7-5-9)16(17)18/h4-7H,8H2,1-3H3. The number of benzene rings is 1. The Morgan fingerprint density at radius 3 is 2.42 bits per heavy atom. The Labute approximate surface area is 110 Å². The number of non-ortho nitro benzene ring substituents is 1.